The Kier molecular flexibility index (Phi) is 5.28. The molecule has 1 aromatic heterocycles. The third-order valence-corrected chi connectivity index (χ3v) is 3.27. The Bertz CT molecular complexity index is 581. The van der Waals surface area contributed by atoms with E-state index in [1.807, 2.05) is 30.3 Å². The number of nitrogens with zero attached hydrogens (tertiary/aromatic N) is 1. The maximum atomic E-state index is 11.4. The van der Waals surface area contributed by atoms with E-state index in [9.17, 15) is 4.79 Å². The van der Waals surface area contributed by atoms with Crippen molar-refractivity contribution in [2.75, 3.05) is 7.11 Å². The number of aliphatic imine (C=N–C) groups is 1. The van der Waals surface area contributed by atoms with E-state index in [4.69, 9.17) is 4.84 Å². The molecule has 0 saturated carbocycles. The molecule has 5 nitrogen and oxygen atoms in total. The molecule has 20 heavy (non-hydrogen) atoms. The van der Waals surface area contributed by atoms with Gasteiger partial charge in [-0.3, -0.25) is 10.3 Å². The fourth-order valence-corrected chi connectivity index (χ4v) is 2.21. The zero-order chi connectivity index (χ0) is 14.2. The summed E-state index contributed by atoms with van der Waals surface area (Å²) in [7, 11) is 1.34. The molecular weight excluding hydrogens is 276 g/mol. The van der Waals surface area contributed by atoms with Gasteiger partial charge in [-0.05, 0) is 17.0 Å². The number of benzene rings is 1. The molecule has 0 spiro atoms. The van der Waals surface area contributed by atoms with E-state index in [0.29, 0.717) is 17.2 Å². The van der Waals surface area contributed by atoms with Gasteiger partial charge in [-0.25, -0.2) is 9.79 Å². The van der Waals surface area contributed by atoms with Crippen molar-refractivity contribution in [2.24, 2.45) is 4.99 Å². The van der Waals surface area contributed by atoms with Crippen LogP contribution in [0.1, 0.15) is 15.9 Å². The average Bonchev–Trinajstić information content (AvgIpc) is 2.95. The number of hydroxylamine groups is 1. The zero-order valence-electron chi connectivity index (χ0n) is 10.9. The quantitative estimate of drug-likeness (QED) is 0.292. The van der Waals surface area contributed by atoms with Crippen molar-refractivity contribution in [2.45, 2.75) is 6.61 Å². The molecule has 0 fully saturated rings. The van der Waals surface area contributed by atoms with Crippen LogP contribution in [-0.2, 0) is 16.2 Å². The van der Waals surface area contributed by atoms with Crippen molar-refractivity contribution >= 4 is 28.6 Å². The maximum Gasteiger partial charge on any atom is 0.340 e. The van der Waals surface area contributed by atoms with Crippen molar-refractivity contribution in [3.05, 3.63) is 52.9 Å². The van der Waals surface area contributed by atoms with Crippen LogP contribution in [0.3, 0.4) is 0 Å². The largest absolute Gasteiger partial charge is 0.465 e. The van der Waals surface area contributed by atoms with Crippen LogP contribution >= 0.6 is 11.3 Å². The summed E-state index contributed by atoms with van der Waals surface area (Å²) >= 11 is 1.35. The molecule has 1 N–H and O–H groups in total. The van der Waals surface area contributed by atoms with Crippen LogP contribution in [0.15, 0.2) is 46.8 Å². The highest BCUT2D eigenvalue weighted by Gasteiger charge is 2.11. The van der Waals surface area contributed by atoms with Gasteiger partial charge < -0.3 is 4.74 Å². The Balaban J connectivity index is 1.82. The number of nitrogens with one attached hydrogen (secondary N) is 1. The molecule has 0 bridgehead atoms. The van der Waals surface area contributed by atoms with E-state index in [0.717, 1.165) is 5.56 Å². The molecule has 0 aliphatic rings. The number of esters is 1. The molecule has 2 rings (SSSR count). The van der Waals surface area contributed by atoms with Gasteiger partial charge in [-0.15, -0.1) is 11.3 Å². The van der Waals surface area contributed by atoms with Crippen LogP contribution in [0.25, 0.3) is 0 Å². The second-order valence-electron chi connectivity index (χ2n) is 3.78. The normalized spacial score (nSPS) is 10.7. The Morgan fingerprint density at radius 2 is 2.15 bits per heavy atom. The molecule has 104 valence electrons. The highest BCUT2D eigenvalue weighted by atomic mass is 32.1. The van der Waals surface area contributed by atoms with Crippen LogP contribution < -0.4 is 5.48 Å². The third kappa shape index (κ3) is 3.91. The summed E-state index contributed by atoms with van der Waals surface area (Å²) in [6.45, 7) is 0.432. The number of hydrogen-bond donors (Lipinski definition) is 1. The van der Waals surface area contributed by atoms with Gasteiger partial charge in [-0.1, -0.05) is 30.3 Å². The number of ether oxygens (including phenoxy) is 1. The Hall–Kier alpha value is -2.18. The molecule has 2 aromatic rings. The third-order valence-electron chi connectivity index (χ3n) is 2.45. The summed E-state index contributed by atoms with van der Waals surface area (Å²) < 4.78 is 4.66. The first-order valence-electron chi connectivity index (χ1n) is 5.91. The predicted octanol–water partition coefficient (Wildman–Crippen LogP) is 2.92. The van der Waals surface area contributed by atoms with E-state index < -0.39 is 5.97 Å². The lowest BCUT2D eigenvalue weighted by Crippen LogP contribution is -2.11. The standard InChI is InChI=1S/C14H14N2O3S/c1-18-14(17)12-7-8-20-13(12)15-10-16-19-9-11-5-3-2-4-6-11/h2-8,10H,9H2,1H3,(H,15,16). The van der Waals surface area contributed by atoms with E-state index in [-0.39, 0.29) is 0 Å². The minimum Gasteiger partial charge on any atom is -0.465 e. The summed E-state index contributed by atoms with van der Waals surface area (Å²) in [5.41, 5.74) is 4.12. The van der Waals surface area contributed by atoms with Crippen LogP contribution in [0, 0.1) is 0 Å². The molecule has 1 aromatic carbocycles. The summed E-state index contributed by atoms with van der Waals surface area (Å²) in [4.78, 5) is 20.8. The number of hydrogen-bond acceptors (Lipinski definition) is 5. The van der Waals surface area contributed by atoms with Crippen LogP contribution in [0.2, 0.25) is 0 Å². The van der Waals surface area contributed by atoms with Gasteiger partial charge in [0.2, 0.25) is 0 Å². The van der Waals surface area contributed by atoms with Crippen molar-refractivity contribution in [1.29, 1.82) is 0 Å². The van der Waals surface area contributed by atoms with Gasteiger partial charge in [0.1, 0.15) is 11.3 Å². The molecule has 0 radical (unpaired) electrons. The maximum absolute atomic E-state index is 11.4. The molecule has 0 aliphatic carbocycles. The van der Waals surface area contributed by atoms with Crippen LogP contribution in [-0.4, -0.2) is 19.4 Å². The van der Waals surface area contributed by atoms with Crippen molar-refractivity contribution < 1.29 is 14.4 Å². The fraction of sp³-hybridized carbons (Fsp3) is 0.143. The molecule has 0 amide bonds. The number of methoxy groups -OCH3 is 1. The monoisotopic (exact) mass is 290 g/mol. The van der Waals surface area contributed by atoms with Gasteiger partial charge in [0, 0.05) is 0 Å². The molecular formula is C14H14N2O3S. The molecule has 1 heterocycles. The second kappa shape index (κ2) is 7.42. The van der Waals surface area contributed by atoms with Crippen LogP contribution in [0.5, 0.6) is 0 Å². The SMILES string of the molecule is COC(=O)c1ccsc1/N=C/NOCc1ccccc1. The minimum atomic E-state index is -0.399. The number of carbonyl (C=O) groups is 1. The fourth-order valence-electron chi connectivity index (χ4n) is 1.49. The lowest BCUT2D eigenvalue weighted by Gasteiger charge is -2.02. The topological polar surface area (TPSA) is 59.9 Å². The lowest BCUT2D eigenvalue weighted by molar-refractivity contribution is 0.0602. The molecule has 6 heteroatoms. The Morgan fingerprint density at radius 1 is 1.35 bits per heavy atom. The Labute approximate surface area is 120 Å². The highest BCUT2D eigenvalue weighted by Crippen LogP contribution is 2.26. The molecule has 0 unspecified atom stereocenters. The summed E-state index contributed by atoms with van der Waals surface area (Å²) in [6, 6.07) is 11.4. The van der Waals surface area contributed by atoms with E-state index in [2.05, 4.69) is 15.2 Å². The highest BCUT2D eigenvalue weighted by molar-refractivity contribution is 7.14. The molecule has 0 saturated heterocycles. The second-order valence-corrected chi connectivity index (χ2v) is 4.68. The first kappa shape index (κ1) is 14.2. The zero-order valence-corrected chi connectivity index (χ0v) is 11.7. The van der Waals surface area contributed by atoms with Gasteiger partial charge >= 0.3 is 5.97 Å². The predicted molar refractivity (Wildman–Crippen MR) is 78.2 cm³/mol. The van der Waals surface area contributed by atoms with Crippen molar-refractivity contribution in [3.63, 3.8) is 0 Å². The minimum absolute atomic E-state index is 0.399. The molecule has 0 aliphatic heterocycles. The van der Waals surface area contributed by atoms with Gasteiger partial charge in [0.25, 0.3) is 0 Å². The van der Waals surface area contributed by atoms with Crippen molar-refractivity contribution in [1.82, 2.24) is 5.48 Å². The first-order valence-corrected chi connectivity index (χ1v) is 6.79. The van der Waals surface area contributed by atoms with Gasteiger partial charge in [0.15, 0.2) is 0 Å². The summed E-state index contributed by atoms with van der Waals surface area (Å²) in [6.07, 6.45) is 1.40. The number of thiophene rings is 1. The van der Waals surface area contributed by atoms with E-state index >= 15 is 0 Å². The van der Waals surface area contributed by atoms with Crippen molar-refractivity contribution in [3.8, 4) is 0 Å². The van der Waals surface area contributed by atoms with Crippen LogP contribution in [0.4, 0.5) is 5.00 Å². The first-order chi connectivity index (χ1) is 9.81. The average molecular weight is 290 g/mol. The van der Waals surface area contributed by atoms with Gasteiger partial charge in [0.05, 0.1) is 19.3 Å². The van der Waals surface area contributed by atoms with E-state index in [1.165, 1.54) is 24.8 Å². The number of carbonyl (C=O) groups excluding carboxylic acids is 1. The van der Waals surface area contributed by atoms with E-state index in [1.54, 1.807) is 11.4 Å². The summed E-state index contributed by atoms with van der Waals surface area (Å²) in [5, 5.41) is 2.36. The Morgan fingerprint density at radius 3 is 2.90 bits per heavy atom. The van der Waals surface area contributed by atoms with Gasteiger partial charge in [-0.2, -0.15) is 0 Å². The lowest BCUT2D eigenvalue weighted by atomic mass is 10.2. The smallest absolute Gasteiger partial charge is 0.340 e. The molecule has 0 atom stereocenters. The summed E-state index contributed by atoms with van der Waals surface area (Å²) in [5.74, 6) is -0.399. The number of rotatable bonds is 6.